The summed E-state index contributed by atoms with van der Waals surface area (Å²) in [6.45, 7) is 0. The van der Waals surface area contributed by atoms with E-state index in [0.29, 0.717) is 4.47 Å². The number of phenols is 1. The summed E-state index contributed by atoms with van der Waals surface area (Å²) in [4.78, 5) is 0. The van der Waals surface area contributed by atoms with Crippen molar-refractivity contribution in [2.75, 3.05) is 0 Å². The van der Waals surface area contributed by atoms with Crippen LogP contribution in [0.5, 0.6) is 5.75 Å². The fourth-order valence-corrected chi connectivity index (χ4v) is 4.01. The summed E-state index contributed by atoms with van der Waals surface area (Å²) < 4.78 is 1.55. The molecule has 0 bridgehead atoms. The molecule has 112 valence electrons. The highest BCUT2D eigenvalue weighted by Gasteiger charge is 2.18. The van der Waals surface area contributed by atoms with Crippen molar-refractivity contribution in [3.05, 3.63) is 75.7 Å². The lowest BCUT2D eigenvalue weighted by molar-refractivity contribution is 0.474. The van der Waals surface area contributed by atoms with Crippen molar-refractivity contribution in [3.63, 3.8) is 0 Å². The maximum absolute atomic E-state index is 10.8. The molecule has 0 amide bonds. The van der Waals surface area contributed by atoms with Crippen LogP contribution >= 0.6 is 31.9 Å². The van der Waals surface area contributed by atoms with Crippen molar-refractivity contribution in [2.45, 2.75) is 0 Å². The number of hydrogen-bond acceptors (Lipinski definition) is 1. The molecule has 0 spiro atoms. The normalized spacial score (nSPS) is 11.2. The largest absolute Gasteiger partial charge is 0.506 e. The van der Waals surface area contributed by atoms with Crippen LogP contribution in [-0.2, 0) is 0 Å². The molecule has 0 saturated heterocycles. The molecule has 0 aliphatic rings. The topological polar surface area (TPSA) is 20.2 Å². The number of fused-ring (bicyclic) bond motifs is 2. The fraction of sp³-hybridized carbons (Fsp3) is 0. The van der Waals surface area contributed by atoms with E-state index in [1.54, 1.807) is 0 Å². The van der Waals surface area contributed by atoms with Crippen molar-refractivity contribution in [3.8, 4) is 16.9 Å². The number of rotatable bonds is 1. The lowest BCUT2D eigenvalue weighted by Gasteiger charge is -2.15. The van der Waals surface area contributed by atoms with Gasteiger partial charge in [-0.25, -0.2) is 0 Å². The van der Waals surface area contributed by atoms with Gasteiger partial charge in [-0.15, -0.1) is 0 Å². The van der Waals surface area contributed by atoms with Gasteiger partial charge in [-0.3, -0.25) is 0 Å². The highest BCUT2D eigenvalue weighted by Crippen LogP contribution is 2.47. The summed E-state index contributed by atoms with van der Waals surface area (Å²) in [5.41, 5.74) is 1.89. The minimum absolute atomic E-state index is 0.256. The lowest BCUT2D eigenvalue weighted by Crippen LogP contribution is -1.88. The predicted octanol–water partition coefficient (Wildman–Crippen LogP) is 6.89. The first-order chi connectivity index (χ1) is 11.2. The quantitative estimate of drug-likeness (QED) is 0.350. The minimum atomic E-state index is 0.256. The summed E-state index contributed by atoms with van der Waals surface area (Å²) in [5.74, 6) is 0.256. The summed E-state index contributed by atoms with van der Waals surface area (Å²) in [6.07, 6.45) is 0. The average Bonchev–Trinajstić information content (AvgIpc) is 2.60. The third-order valence-corrected chi connectivity index (χ3v) is 6.26. The van der Waals surface area contributed by atoms with Crippen LogP contribution < -0.4 is 0 Å². The SMILES string of the molecule is Oc1c(Br)c(Br)c2ccccc2c1-c1cccc2ccccc12. The van der Waals surface area contributed by atoms with Gasteiger partial charge >= 0.3 is 0 Å². The Kier molecular flexibility index (Phi) is 3.63. The van der Waals surface area contributed by atoms with Crippen molar-refractivity contribution in [1.82, 2.24) is 0 Å². The highest BCUT2D eigenvalue weighted by molar-refractivity contribution is 9.13. The lowest BCUT2D eigenvalue weighted by atomic mass is 9.93. The van der Waals surface area contributed by atoms with Gasteiger partial charge in [0.1, 0.15) is 5.75 Å². The Balaban J connectivity index is 2.21. The summed E-state index contributed by atoms with van der Waals surface area (Å²) >= 11 is 7.10. The molecule has 0 unspecified atom stereocenters. The first kappa shape index (κ1) is 14.7. The molecule has 0 radical (unpaired) electrons. The standard InChI is InChI=1S/C20H12Br2O/c21-18-16-10-4-3-9-15(16)17(20(23)19(18)22)14-11-5-7-12-6-1-2-8-13(12)14/h1-11,23H. The fourth-order valence-electron chi connectivity index (χ4n) is 3.07. The van der Waals surface area contributed by atoms with E-state index >= 15 is 0 Å². The number of aromatic hydroxyl groups is 1. The number of benzene rings is 4. The second-order valence-electron chi connectivity index (χ2n) is 5.42. The Morgan fingerprint density at radius 1 is 0.609 bits per heavy atom. The van der Waals surface area contributed by atoms with E-state index in [4.69, 9.17) is 0 Å². The van der Waals surface area contributed by atoms with Crippen molar-refractivity contribution < 1.29 is 5.11 Å². The van der Waals surface area contributed by atoms with Gasteiger partial charge in [0, 0.05) is 10.0 Å². The van der Waals surface area contributed by atoms with E-state index in [-0.39, 0.29) is 5.75 Å². The smallest absolute Gasteiger partial charge is 0.139 e. The van der Waals surface area contributed by atoms with E-state index in [2.05, 4.69) is 62.2 Å². The van der Waals surface area contributed by atoms with Crippen LogP contribution in [0.3, 0.4) is 0 Å². The zero-order valence-corrected chi connectivity index (χ0v) is 15.2. The highest BCUT2D eigenvalue weighted by atomic mass is 79.9. The maximum Gasteiger partial charge on any atom is 0.139 e. The molecule has 1 N–H and O–H groups in total. The van der Waals surface area contributed by atoms with Gasteiger partial charge in [0.15, 0.2) is 0 Å². The van der Waals surface area contributed by atoms with Crippen molar-refractivity contribution in [2.24, 2.45) is 0 Å². The van der Waals surface area contributed by atoms with Crippen LogP contribution in [0.25, 0.3) is 32.7 Å². The minimum Gasteiger partial charge on any atom is -0.506 e. The molecule has 0 aliphatic carbocycles. The molecule has 0 aromatic heterocycles. The molecule has 0 atom stereocenters. The summed E-state index contributed by atoms with van der Waals surface area (Å²) in [7, 11) is 0. The number of halogens is 2. The van der Waals surface area contributed by atoms with Gasteiger partial charge in [-0.2, -0.15) is 0 Å². The number of hydrogen-bond donors (Lipinski definition) is 1. The predicted molar refractivity (Wildman–Crippen MR) is 104 cm³/mol. The van der Waals surface area contributed by atoms with Crippen LogP contribution in [-0.4, -0.2) is 5.11 Å². The van der Waals surface area contributed by atoms with Gasteiger partial charge in [0.25, 0.3) is 0 Å². The van der Waals surface area contributed by atoms with Gasteiger partial charge < -0.3 is 5.11 Å². The third-order valence-electron chi connectivity index (χ3n) is 4.13. The first-order valence-corrected chi connectivity index (χ1v) is 8.84. The van der Waals surface area contributed by atoms with Crippen LogP contribution in [0.1, 0.15) is 0 Å². The Labute approximate surface area is 150 Å². The average molecular weight is 428 g/mol. The molecule has 4 rings (SSSR count). The molecule has 3 heteroatoms. The van der Waals surface area contributed by atoms with Crippen LogP contribution in [0.15, 0.2) is 75.7 Å². The van der Waals surface area contributed by atoms with Gasteiger partial charge in [0.05, 0.1) is 4.47 Å². The van der Waals surface area contributed by atoms with E-state index in [9.17, 15) is 5.11 Å². The Hall–Kier alpha value is -1.84. The molecule has 0 aliphatic heterocycles. The zero-order valence-electron chi connectivity index (χ0n) is 12.1. The molecular weight excluding hydrogens is 416 g/mol. The van der Waals surface area contributed by atoms with Gasteiger partial charge in [-0.05, 0) is 59.0 Å². The van der Waals surface area contributed by atoms with E-state index in [1.165, 1.54) is 0 Å². The number of phenolic OH excluding ortho intramolecular Hbond substituents is 1. The first-order valence-electron chi connectivity index (χ1n) is 7.25. The Morgan fingerprint density at radius 3 is 2.00 bits per heavy atom. The van der Waals surface area contributed by atoms with Crippen LogP contribution in [0.2, 0.25) is 0 Å². The molecule has 4 aromatic rings. The van der Waals surface area contributed by atoms with Gasteiger partial charge in [0.2, 0.25) is 0 Å². The summed E-state index contributed by atoms with van der Waals surface area (Å²) in [5, 5.41) is 15.2. The molecule has 23 heavy (non-hydrogen) atoms. The van der Waals surface area contributed by atoms with Crippen molar-refractivity contribution in [1.29, 1.82) is 0 Å². The molecule has 1 nitrogen and oxygen atoms in total. The van der Waals surface area contributed by atoms with Gasteiger partial charge in [-0.1, -0.05) is 66.7 Å². The molecule has 0 fully saturated rings. The maximum atomic E-state index is 10.8. The zero-order chi connectivity index (χ0) is 16.0. The second kappa shape index (κ2) is 5.66. The molecule has 0 heterocycles. The summed E-state index contributed by atoms with van der Waals surface area (Å²) in [6, 6.07) is 22.5. The molecule has 4 aromatic carbocycles. The van der Waals surface area contributed by atoms with Crippen LogP contribution in [0, 0.1) is 0 Å². The monoisotopic (exact) mass is 426 g/mol. The van der Waals surface area contributed by atoms with Crippen LogP contribution in [0.4, 0.5) is 0 Å². The van der Waals surface area contributed by atoms with Crippen molar-refractivity contribution >= 4 is 53.4 Å². The Bertz CT molecular complexity index is 1050. The van der Waals surface area contributed by atoms with E-state index in [0.717, 1.165) is 37.1 Å². The third kappa shape index (κ3) is 2.27. The second-order valence-corrected chi connectivity index (χ2v) is 7.01. The Morgan fingerprint density at radius 2 is 1.22 bits per heavy atom. The molecular formula is C20H12Br2O. The van der Waals surface area contributed by atoms with E-state index < -0.39 is 0 Å². The molecule has 0 saturated carbocycles. The van der Waals surface area contributed by atoms with E-state index in [1.807, 2.05) is 36.4 Å².